The number of nitrogens with zero attached hydrogens (tertiary/aromatic N) is 3. The number of hydrogen-bond donors (Lipinski definition) is 2. The van der Waals surface area contributed by atoms with Gasteiger partial charge in [-0.2, -0.15) is 5.10 Å². The van der Waals surface area contributed by atoms with Crippen LogP contribution in [-0.2, 0) is 20.9 Å². The highest BCUT2D eigenvalue weighted by Gasteiger charge is 2.44. The molecule has 2 fully saturated rings. The third kappa shape index (κ3) is 3.40. The molecule has 2 aliphatic rings. The number of carbonyl (C=O) groups excluding carboxylic acids is 3. The van der Waals surface area contributed by atoms with Gasteiger partial charge in [0, 0.05) is 12.8 Å². The molecule has 2 aliphatic heterocycles. The van der Waals surface area contributed by atoms with Crippen molar-refractivity contribution in [1.82, 2.24) is 20.0 Å². The summed E-state index contributed by atoms with van der Waals surface area (Å²) < 4.78 is 7.25. The van der Waals surface area contributed by atoms with E-state index in [1.165, 1.54) is 6.20 Å². The minimum absolute atomic E-state index is 0.154. The first-order chi connectivity index (χ1) is 11.3. The van der Waals surface area contributed by atoms with Crippen LogP contribution in [0.15, 0.2) is 12.4 Å². The van der Waals surface area contributed by atoms with Gasteiger partial charge in [-0.15, -0.1) is 0 Å². The molecule has 1 atom stereocenters. The third-order valence-corrected chi connectivity index (χ3v) is 4.08. The normalized spacial score (nSPS) is 22.8. The van der Waals surface area contributed by atoms with E-state index in [0.29, 0.717) is 12.2 Å². The van der Waals surface area contributed by atoms with Crippen LogP contribution in [0.25, 0.3) is 0 Å². The van der Waals surface area contributed by atoms with Crippen molar-refractivity contribution in [3.05, 3.63) is 12.4 Å². The van der Waals surface area contributed by atoms with Crippen LogP contribution in [-0.4, -0.2) is 57.3 Å². The smallest absolute Gasteiger partial charge is 0.325 e. The van der Waals surface area contributed by atoms with Crippen molar-refractivity contribution in [2.24, 2.45) is 0 Å². The van der Waals surface area contributed by atoms with E-state index in [1.54, 1.807) is 24.7 Å². The first-order valence-corrected chi connectivity index (χ1v) is 7.93. The molecule has 130 valence electrons. The average molecular weight is 335 g/mol. The molecule has 9 nitrogen and oxygen atoms in total. The maximum Gasteiger partial charge on any atom is 0.325 e. The highest BCUT2D eigenvalue weighted by molar-refractivity contribution is 6.09. The van der Waals surface area contributed by atoms with Crippen LogP contribution < -0.4 is 10.6 Å². The van der Waals surface area contributed by atoms with Gasteiger partial charge in [0.15, 0.2) is 0 Å². The second kappa shape index (κ2) is 6.23. The average Bonchev–Trinajstić information content (AvgIpc) is 3.19. The van der Waals surface area contributed by atoms with Gasteiger partial charge in [-0.25, -0.2) is 4.79 Å². The predicted molar refractivity (Wildman–Crippen MR) is 84.2 cm³/mol. The first kappa shape index (κ1) is 16.4. The highest BCUT2D eigenvalue weighted by atomic mass is 16.5. The molecule has 1 aromatic heterocycles. The number of amides is 4. The van der Waals surface area contributed by atoms with E-state index >= 15 is 0 Å². The molecule has 0 aliphatic carbocycles. The molecule has 4 amide bonds. The van der Waals surface area contributed by atoms with E-state index in [0.717, 1.165) is 24.3 Å². The number of rotatable bonds is 5. The van der Waals surface area contributed by atoms with Crippen molar-refractivity contribution in [2.75, 3.05) is 18.5 Å². The second-order valence-electron chi connectivity index (χ2n) is 6.58. The lowest BCUT2D eigenvalue weighted by Crippen LogP contribution is -2.41. The van der Waals surface area contributed by atoms with Crippen molar-refractivity contribution in [3.8, 4) is 0 Å². The molecule has 1 aromatic rings. The summed E-state index contributed by atoms with van der Waals surface area (Å²) in [6.07, 6.45) is 5.45. The molecule has 2 N–H and O–H groups in total. The van der Waals surface area contributed by atoms with E-state index in [2.05, 4.69) is 15.7 Å². The molecule has 9 heteroatoms. The Bertz CT molecular complexity index is 663. The summed E-state index contributed by atoms with van der Waals surface area (Å²) in [6.45, 7) is 4.28. The molecule has 0 bridgehead atoms. The number of urea groups is 1. The molecule has 0 radical (unpaired) electrons. The predicted octanol–water partition coefficient (Wildman–Crippen LogP) is 0.331. The topological polar surface area (TPSA) is 106 Å². The Labute approximate surface area is 139 Å². The molecule has 0 saturated carbocycles. The van der Waals surface area contributed by atoms with Gasteiger partial charge in [0.05, 0.1) is 24.5 Å². The summed E-state index contributed by atoms with van der Waals surface area (Å²) in [5.41, 5.74) is -0.465. The van der Waals surface area contributed by atoms with Gasteiger partial charge in [0.1, 0.15) is 12.1 Å². The Balaban J connectivity index is 1.54. The van der Waals surface area contributed by atoms with Crippen molar-refractivity contribution < 1.29 is 19.1 Å². The van der Waals surface area contributed by atoms with Gasteiger partial charge >= 0.3 is 6.03 Å². The summed E-state index contributed by atoms with van der Waals surface area (Å²) in [6, 6.07) is -0.561. The van der Waals surface area contributed by atoms with Crippen LogP contribution >= 0.6 is 0 Å². The molecule has 2 saturated heterocycles. The number of nitrogens with one attached hydrogen (secondary N) is 2. The summed E-state index contributed by atoms with van der Waals surface area (Å²) >= 11 is 0. The van der Waals surface area contributed by atoms with Gasteiger partial charge in [-0.3, -0.25) is 19.2 Å². The van der Waals surface area contributed by atoms with E-state index in [1.807, 2.05) is 0 Å². The van der Waals surface area contributed by atoms with Gasteiger partial charge in [0.25, 0.3) is 5.91 Å². The lowest BCUT2D eigenvalue weighted by Gasteiger charge is -2.15. The maximum absolute atomic E-state index is 12.1. The van der Waals surface area contributed by atoms with Crippen molar-refractivity contribution in [2.45, 2.75) is 44.9 Å². The summed E-state index contributed by atoms with van der Waals surface area (Å²) in [5.74, 6) is -0.871. The van der Waals surface area contributed by atoms with Gasteiger partial charge in [-0.1, -0.05) is 0 Å². The zero-order valence-electron chi connectivity index (χ0n) is 13.7. The maximum atomic E-state index is 12.1. The SMILES string of the molecule is CC1(C)NC(=O)N(CC(=O)Nc2cnn(CC3CCCO3)c2)C1=O. The first-order valence-electron chi connectivity index (χ1n) is 7.93. The van der Waals surface area contributed by atoms with Crippen molar-refractivity contribution in [1.29, 1.82) is 0 Å². The number of anilines is 1. The molecule has 1 unspecified atom stereocenters. The summed E-state index contributed by atoms with van der Waals surface area (Å²) in [5, 5.41) is 9.36. The Morgan fingerprint density at radius 1 is 1.50 bits per heavy atom. The molecule has 0 spiro atoms. The Kier molecular flexibility index (Phi) is 4.27. The summed E-state index contributed by atoms with van der Waals surface area (Å²) in [4.78, 5) is 36.8. The number of imide groups is 1. The van der Waals surface area contributed by atoms with E-state index in [-0.39, 0.29) is 12.6 Å². The molecule has 0 aromatic carbocycles. The molecule has 24 heavy (non-hydrogen) atoms. The zero-order chi connectivity index (χ0) is 17.3. The molecular weight excluding hydrogens is 314 g/mol. The number of aromatic nitrogens is 2. The monoisotopic (exact) mass is 335 g/mol. The van der Waals surface area contributed by atoms with Crippen LogP contribution in [0, 0.1) is 0 Å². The minimum Gasteiger partial charge on any atom is -0.376 e. The van der Waals surface area contributed by atoms with Crippen LogP contribution in [0.1, 0.15) is 26.7 Å². The van der Waals surface area contributed by atoms with Gasteiger partial charge in [-0.05, 0) is 26.7 Å². The Morgan fingerprint density at radius 2 is 2.29 bits per heavy atom. The molecular formula is C15H21N5O4. The van der Waals surface area contributed by atoms with Crippen molar-refractivity contribution >= 4 is 23.5 Å². The van der Waals surface area contributed by atoms with Gasteiger partial charge < -0.3 is 15.4 Å². The zero-order valence-corrected chi connectivity index (χ0v) is 13.7. The Hall–Kier alpha value is -2.42. The van der Waals surface area contributed by atoms with E-state index in [9.17, 15) is 14.4 Å². The van der Waals surface area contributed by atoms with Crippen molar-refractivity contribution in [3.63, 3.8) is 0 Å². The fourth-order valence-electron chi connectivity index (χ4n) is 2.83. The second-order valence-corrected chi connectivity index (χ2v) is 6.58. The fraction of sp³-hybridized carbons (Fsp3) is 0.600. The number of hydrogen-bond acceptors (Lipinski definition) is 5. The van der Waals surface area contributed by atoms with E-state index < -0.39 is 23.4 Å². The largest absolute Gasteiger partial charge is 0.376 e. The van der Waals surface area contributed by atoms with Crippen LogP contribution in [0.5, 0.6) is 0 Å². The lowest BCUT2D eigenvalue weighted by atomic mass is 10.1. The number of ether oxygens (including phenoxy) is 1. The van der Waals surface area contributed by atoms with Crippen LogP contribution in [0.3, 0.4) is 0 Å². The quantitative estimate of drug-likeness (QED) is 0.755. The molecule has 3 rings (SSSR count). The highest BCUT2D eigenvalue weighted by Crippen LogP contribution is 2.17. The Morgan fingerprint density at radius 3 is 2.92 bits per heavy atom. The van der Waals surface area contributed by atoms with Gasteiger partial charge in [0.2, 0.25) is 5.91 Å². The third-order valence-electron chi connectivity index (χ3n) is 4.08. The summed E-state index contributed by atoms with van der Waals surface area (Å²) in [7, 11) is 0. The lowest BCUT2D eigenvalue weighted by molar-refractivity contribution is -0.132. The standard InChI is InChI=1S/C15H21N5O4/c1-15(2)13(22)20(14(23)18-15)9-12(21)17-10-6-16-19(7-10)8-11-4-3-5-24-11/h6-7,11H,3-5,8-9H2,1-2H3,(H,17,21)(H,18,23). The fourth-order valence-corrected chi connectivity index (χ4v) is 2.83. The number of carbonyl (C=O) groups is 3. The van der Waals surface area contributed by atoms with E-state index in [4.69, 9.17) is 4.74 Å². The minimum atomic E-state index is -0.983. The van der Waals surface area contributed by atoms with Crippen LogP contribution in [0.4, 0.5) is 10.5 Å². The molecule has 3 heterocycles. The van der Waals surface area contributed by atoms with Crippen LogP contribution in [0.2, 0.25) is 0 Å².